The van der Waals surface area contributed by atoms with E-state index in [1.54, 1.807) is 0 Å². The minimum Gasteiger partial charge on any atom is -0.381 e. The maximum atomic E-state index is 12.5. The lowest BCUT2D eigenvalue weighted by atomic mass is 10.8. The van der Waals surface area contributed by atoms with E-state index in [4.69, 9.17) is 4.74 Å². The van der Waals surface area contributed by atoms with Gasteiger partial charge in [-0.05, 0) is 18.8 Å². The van der Waals surface area contributed by atoms with E-state index in [-0.39, 0.29) is 18.7 Å². The molecule has 0 unspecified atom stereocenters. The van der Waals surface area contributed by atoms with Crippen molar-refractivity contribution in [3.05, 3.63) is 0 Å². The zero-order valence-electron chi connectivity index (χ0n) is 9.57. The maximum Gasteiger partial charge on any atom is 0.424 e. The molecule has 16 heavy (non-hydrogen) atoms. The van der Waals surface area contributed by atoms with Crippen molar-refractivity contribution in [3.8, 4) is 0 Å². The summed E-state index contributed by atoms with van der Waals surface area (Å²) < 4.78 is 54.9. The maximum absolute atomic E-state index is 12.5. The standard InChI is InChI=1S/C8H18F4OSSi2/c1-15(9,10)7-4-13-3-5-14-6-8-16(2,11)12/h3-8H2,1-2H3. The number of rotatable bonds is 9. The molecule has 0 aromatic carbocycles. The first-order valence-electron chi connectivity index (χ1n) is 5.12. The van der Waals surface area contributed by atoms with Crippen LogP contribution >= 0.6 is 11.8 Å². The molecular formula is C8H18F4OSSi2. The Morgan fingerprint density at radius 1 is 0.875 bits per heavy atom. The molecule has 0 amide bonds. The molecule has 0 heterocycles. The number of thioether (sulfide) groups is 1. The van der Waals surface area contributed by atoms with E-state index in [0.29, 0.717) is 18.1 Å². The molecule has 0 aromatic heterocycles. The first-order valence-corrected chi connectivity index (χ1v) is 11.2. The van der Waals surface area contributed by atoms with E-state index in [9.17, 15) is 16.4 Å². The second-order valence-corrected chi connectivity index (χ2v) is 10.4. The third kappa shape index (κ3) is 14.5. The van der Waals surface area contributed by atoms with E-state index in [0.717, 1.165) is 13.1 Å². The van der Waals surface area contributed by atoms with Crippen LogP contribution in [0.4, 0.5) is 16.4 Å². The number of hydrogen-bond donors (Lipinski definition) is 0. The molecule has 8 heteroatoms. The third-order valence-electron chi connectivity index (χ3n) is 1.74. The summed E-state index contributed by atoms with van der Waals surface area (Å²) in [5.41, 5.74) is 0. The van der Waals surface area contributed by atoms with Crippen molar-refractivity contribution in [1.29, 1.82) is 0 Å². The molecule has 0 radical (unpaired) electrons. The first-order chi connectivity index (χ1) is 7.21. The van der Waals surface area contributed by atoms with Crippen LogP contribution in [0.25, 0.3) is 0 Å². The normalized spacial score (nSPS) is 13.1. The summed E-state index contributed by atoms with van der Waals surface area (Å²) in [4.78, 5) is 0. The Morgan fingerprint density at radius 3 is 1.94 bits per heavy atom. The van der Waals surface area contributed by atoms with Crippen molar-refractivity contribution in [2.24, 2.45) is 0 Å². The van der Waals surface area contributed by atoms with Crippen molar-refractivity contribution < 1.29 is 21.2 Å². The van der Waals surface area contributed by atoms with Gasteiger partial charge in [-0.2, -0.15) is 11.8 Å². The Bertz CT molecular complexity index is 164. The molecule has 0 aliphatic carbocycles. The summed E-state index contributed by atoms with van der Waals surface area (Å²) in [5.74, 6) is 1.03. The van der Waals surface area contributed by atoms with E-state index in [2.05, 4.69) is 0 Å². The Hall–Kier alpha value is 0.464. The highest BCUT2D eigenvalue weighted by Crippen LogP contribution is 2.16. The van der Waals surface area contributed by atoms with Gasteiger partial charge in [-0.1, -0.05) is 0 Å². The van der Waals surface area contributed by atoms with Gasteiger partial charge in [0.15, 0.2) is 0 Å². The molecule has 0 aliphatic heterocycles. The molecule has 0 bridgehead atoms. The Kier molecular flexibility index (Phi) is 7.95. The van der Waals surface area contributed by atoms with Gasteiger partial charge in [0.1, 0.15) is 0 Å². The average Bonchev–Trinajstić information content (AvgIpc) is 2.06. The highest BCUT2D eigenvalue weighted by atomic mass is 32.2. The summed E-state index contributed by atoms with van der Waals surface area (Å²) in [6.07, 6.45) is 0. The van der Waals surface area contributed by atoms with E-state index >= 15 is 0 Å². The van der Waals surface area contributed by atoms with Crippen LogP contribution in [0.15, 0.2) is 0 Å². The fourth-order valence-electron chi connectivity index (χ4n) is 0.825. The predicted octanol–water partition coefficient (Wildman–Crippen LogP) is 3.76. The highest BCUT2D eigenvalue weighted by molar-refractivity contribution is 7.99. The fraction of sp³-hybridized carbons (Fsp3) is 1.00. The monoisotopic (exact) mass is 294 g/mol. The van der Waals surface area contributed by atoms with Crippen LogP contribution in [0, 0.1) is 0 Å². The zero-order chi connectivity index (χ0) is 12.7. The lowest BCUT2D eigenvalue weighted by Crippen LogP contribution is -2.19. The summed E-state index contributed by atoms with van der Waals surface area (Å²) in [6, 6.07) is -0.171. The summed E-state index contributed by atoms with van der Waals surface area (Å²) in [5, 5.41) is 0. The van der Waals surface area contributed by atoms with Gasteiger partial charge in [0, 0.05) is 24.4 Å². The Balaban J connectivity index is 3.17. The van der Waals surface area contributed by atoms with Gasteiger partial charge in [0.25, 0.3) is 0 Å². The zero-order valence-corrected chi connectivity index (χ0v) is 12.4. The van der Waals surface area contributed by atoms with Crippen LogP contribution in [0.5, 0.6) is 0 Å². The Labute approximate surface area is 101 Å². The third-order valence-corrected chi connectivity index (χ3v) is 5.26. The largest absolute Gasteiger partial charge is 0.424 e. The van der Waals surface area contributed by atoms with Crippen molar-refractivity contribution >= 4 is 29.2 Å². The second kappa shape index (κ2) is 7.73. The van der Waals surface area contributed by atoms with Gasteiger partial charge >= 0.3 is 17.5 Å². The molecule has 0 aliphatic rings. The van der Waals surface area contributed by atoms with Crippen LogP contribution in [0.1, 0.15) is 0 Å². The lowest BCUT2D eigenvalue weighted by molar-refractivity contribution is 0.161. The van der Waals surface area contributed by atoms with Gasteiger partial charge in [-0.15, -0.1) is 0 Å². The van der Waals surface area contributed by atoms with E-state index in [1.807, 2.05) is 0 Å². The summed E-state index contributed by atoms with van der Waals surface area (Å²) >= 11 is 1.39. The molecule has 98 valence electrons. The SMILES string of the molecule is C[Si](F)(F)CCOCCSCC[Si](C)(F)F. The van der Waals surface area contributed by atoms with Crippen LogP contribution in [0.3, 0.4) is 0 Å². The molecule has 0 atom stereocenters. The summed E-state index contributed by atoms with van der Waals surface area (Å²) in [6.45, 7) is 2.46. The van der Waals surface area contributed by atoms with Crippen LogP contribution in [-0.4, -0.2) is 42.2 Å². The second-order valence-electron chi connectivity index (χ2n) is 3.87. The lowest BCUT2D eigenvalue weighted by Gasteiger charge is -2.08. The molecule has 0 spiro atoms. The summed E-state index contributed by atoms with van der Waals surface area (Å²) in [7, 11) is -7.90. The molecule has 0 saturated carbocycles. The molecular weight excluding hydrogens is 276 g/mol. The average molecular weight is 294 g/mol. The van der Waals surface area contributed by atoms with E-state index < -0.39 is 17.5 Å². The molecule has 0 aromatic rings. The smallest absolute Gasteiger partial charge is 0.381 e. The molecule has 0 rings (SSSR count). The van der Waals surface area contributed by atoms with Crippen LogP contribution in [0.2, 0.25) is 25.2 Å². The molecule has 0 N–H and O–H groups in total. The van der Waals surface area contributed by atoms with Gasteiger partial charge in [-0.3, -0.25) is 16.4 Å². The molecule has 1 nitrogen and oxygen atoms in total. The van der Waals surface area contributed by atoms with Crippen molar-refractivity contribution in [2.75, 3.05) is 24.7 Å². The van der Waals surface area contributed by atoms with Gasteiger partial charge in [0.05, 0.1) is 6.61 Å². The van der Waals surface area contributed by atoms with Gasteiger partial charge in [0.2, 0.25) is 0 Å². The first kappa shape index (κ1) is 16.5. The number of hydrogen-bond acceptors (Lipinski definition) is 2. The minimum atomic E-state index is -3.98. The van der Waals surface area contributed by atoms with Crippen molar-refractivity contribution in [1.82, 2.24) is 0 Å². The topological polar surface area (TPSA) is 9.23 Å². The molecule has 0 saturated heterocycles. The van der Waals surface area contributed by atoms with Crippen molar-refractivity contribution in [2.45, 2.75) is 25.2 Å². The van der Waals surface area contributed by atoms with Gasteiger partial charge < -0.3 is 4.74 Å². The Morgan fingerprint density at radius 2 is 1.44 bits per heavy atom. The quantitative estimate of drug-likeness (QED) is 0.277. The highest BCUT2D eigenvalue weighted by Gasteiger charge is 2.27. The van der Waals surface area contributed by atoms with Crippen LogP contribution in [-0.2, 0) is 4.74 Å². The number of ether oxygens (including phenoxy) is 1. The minimum absolute atomic E-state index is 0.0163. The predicted molar refractivity (Wildman–Crippen MR) is 65.4 cm³/mol. The fourth-order valence-corrected chi connectivity index (χ4v) is 3.78. The molecule has 0 fully saturated rings. The van der Waals surface area contributed by atoms with E-state index in [1.165, 1.54) is 11.8 Å². The van der Waals surface area contributed by atoms with Crippen LogP contribution < -0.4 is 0 Å². The van der Waals surface area contributed by atoms with Crippen molar-refractivity contribution in [3.63, 3.8) is 0 Å². The van der Waals surface area contributed by atoms with Gasteiger partial charge in [-0.25, -0.2) is 0 Å². The number of halogens is 4.